The minimum Gasteiger partial charge on any atom is -0.489 e. The van der Waals surface area contributed by atoms with Crippen LogP contribution in [-0.2, 0) is 32.8 Å². The summed E-state index contributed by atoms with van der Waals surface area (Å²) in [6.45, 7) is 4.25. The number of ether oxygens (including phenoxy) is 2. The van der Waals surface area contributed by atoms with E-state index in [2.05, 4.69) is 4.90 Å². The first kappa shape index (κ1) is 27.7. The largest absolute Gasteiger partial charge is 0.489 e. The van der Waals surface area contributed by atoms with E-state index < -0.39 is 40.1 Å². The van der Waals surface area contributed by atoms with Crippen molar-refractivity contribution in [3.05, 3.63) is 64.7 Å². The Bertz CT molecular complexity index is 1320. The molecule has 0 spiro atoms. The molecule has 0 N–H and O–H groups in total. The predicted molar refractivity (Wildman–Crippen MR) is 148 cm³/mol. The van der Waals surface area contributed by atoms with Crippen LogP contribution in [0.25, 0.3) is 0 Å². The first-order chi connectivity index (χ1) is 18.4. The lowest BCUT2D eigenvalue weighted by molar-refractivity contribution is -0.149. The van der Waals surface area contributed by atoms with E-state index in [4.69, 9.17) is 56.7 Å². The van der Waals surface area contributed by atoms with Crippen LogP contribution in [0.4, 0.5) is 0 Å². The van der Waals surface area contributed by atoms with Crippen molar-refractivity contribution in [2.45, 2.75) is 35.6 Å². The summed E-state index contributed by atoms with van der Waals surface area (Å²) in [5.74, 6) is -2.72. The lowest BCUT2D eigenvalue weighted by Gasteiger charge is -2.54. The molecule has 0 saturated carbocycles. The van der Waals surface area contributed by atoms with Crippen LogP contribution in [0.3, 0.4) is 0 Å². The molecule has 3 aliphatic heterocycles. The van der Waals surface area contributed by atoms with Gasteiger partial charge in [0.1, 0.15) is 20.2 Å². The third-order valence-electron chi connectivity index (χ3n) is 7.32. The molecule has 2 saturated heterocycles. The maximum absolute atomic E-state index is 13.5. The third kappa shape index (κ3) is 4.76. The van der Waals surface area contributed by atoms with Gasteiger partial charge in [-0.25, -0.2) is 0 Å². The summed E-state index contributed by atoms with van der Waals surface area (Å²) in [4.78, 5) is 42.2. The lowest BCUT2D eigenvalue weighted by Crippen LogP contribution is -2.71. The van der Waals surface area contributed by atoms with Gasteiger partial charge in [0.15, 0.2) is 0 Å². The standard InChI is InChI=1S/C25H21B6N3O5/c26-23(27)14-24(28,22(37)33(31)21(23)36)34-20(35)17-2-1-3-18(19(17)25(34,29)30)39-13-16-6-4-15(5-7-16)12-32-8-10-38-11-9-32/h1-7H,8-14H2/t24-/m1/s1. The average molecular weight is 508 g/mol. The highest BCUT2D eigenvalue weighted by atomic mass is 16.5. The minimum atomic E-state index is -2.31. The topological polar surface area (TPSA) is 79.4 Å². The lowest BCUT2D eigenvalue weighted by atomic mass is 9.43. The number of morpholine rings is 1. The quantitative estimate of drug-likeness (QED) is 0.374. The fourth-order valence-electron chi connectivity index (χ4n) is 5.37. The normalized spacial score (nSPS) is 24.6. The highest BCUT2D eigenvalue weighted by molar-refractivity contribution is 6.56. The Balaban J connectivity index is 1.37. The van der Waals surface area contributed by atoms with Gasteiger partial charge in [0.25, 0.3) is 5.91 Å². The van der Waals surface area contributed by atoms with Gasteiger partial charge >= 0.3 is 0 Å². The summed E-state index contributed by atoms with van der Waals surface area (Å²) in [6, 6.07) is 12.7. The summed E-state index contributed by atoms with van der Waals surface area (Å²) in [7, 11) is 36.7. The van der Waals surface area contributed by atoms with Gasteiger partial charge in [-0.15, -0.1) is 0 Å². The summed E-state index contributed by atoms with van der Waals surface area (Å²) >= 11 is 0. The number of benzene rings is 2. The van der Waals surface area contributed by atoms with Crippen molar-refractivity contribution in [1.29, 1.82) is 0 Å². The van der Waals surface area contributed by atoms with E-state index in [0.717, 1.165) is 43.3 Å². The molecule has 3 heterocycles. The molecule has 3 aliphatic rings. The van der Waals surface area contributed by atoms with E-state index in [9.17, 15) is 14.4 Å². The molecule has 0 unspecified atom stereocenters. The molecule has 0 aromatic heterocycles. The molecule has 5 rings (SSSR count). The molecule has 0 aliphatic carbocycles. The Morgan fingerprint density at radius 2 is 1.51 bits per heavy atom. The Kier molecular flexibility index (Phi) is 7.08. The second-order valence-electron chi connectivity index (χ2n) is 10.3. The van der Waals surface area contributed by atoms with E-state index in [-0.39, 0.29) is 28.3 Å². The summed E-state index contributed by atoms with van der Waals surface area (Å²) in [5, 5.41) is -4.26. The Morgan fingerprint density at radius 1 is 0.872 bits per heavy atom. The molecule has 1 atom stereocenters. The predicted octanol–water partition coefficient (Wildman–Crippen LogP) is -0.839. The minimum absolute atomic E-state index is 0.0797. The first-order valence-electron chi connectivity index (χ1n) is 12.4. The Morgan fingerprint density at radius 3 is 2.18 bits per heavy atom. The van der Waals surface area contributed by atoms with Crippen LogP contribution in [0, 0.1) is 0 Å². The van der Waals surface area contributed by atoms with Crippen molar-refractivity contribution in [2.24, 2.45) is 0 Å². The number of fused-ring (bicyclic) bond motifs is 1. The molecule has 8 nitrogen and oxygen atoms in total. The second-order valence-corrected chi connectivity index (χ2v) is 10.3. The highest BCUT2D eigenvalue weighted by Crippen LogP contribution is 2.48. The zero-order valence-corrected chi connectivity index (χ0v) is 21.3. The molecule has 2 aromatic carbocycles. The molecular formula is C25H21B6N3O5. The highest BCUT2D eigenvalue weighted by Gasteiger charge is 2.59. The fourth-order valence-corrected chi connectivity index (χ4v) is 5.37. The number of nitrogens with zero attached hydrogens (tertiary/aromatic N) is 3. The van der Waals surface area contributed by atoms with Gasteiger partial charge in [-0.2, -0.15) is 0 Å². The second kappa shape index (κ2) is 9.97. The fraction of sp³-hybridized carbons (Fsp3) is 0.400. The van der Waals surface area contributed by atoms with Gasteiger partial charge in [0, 0.05) is 30.8 Å². The van der Waals surface area contributed by atoms with E-state index >= 15 is 0 Å². The van der Waals surface area contributed by atoms with Gasteiger partial charge in [-0.05, 0) is 40.2 Å². The molecule has 184 valence electrons. The van der Waals surface area contributed by atoms with Gasteiger partial charge in [-0.3, -0.25) is 19.3 Å². The van der Waals surface area contributed by atoms with Crippen LogP contribution in [0.15, 0.2) is 42.5 Å². The van der Waals surface area contributed by atoms with E-state index in [1.165, 1.54) is 11.6 Å². The van der Waals surface area contributed by atoms with Crippen molar-refractivity contribution >= 4 is 64.9 Å². The van der Waals surface area contributed by atoms with Crippen LogP contribution >= 0.6 is 0 Å². The number of carbonyl (C=O) groups excluding carboxylic acids is 3. The summed E-state index contributed by atoms with van der Waals surface area (Å²) < 4.78 is 11.5. The van der Waals surface area contributed by atoms with E-state index in [0.29, 0.717) is 0 Å². The molecule has 14 heteroatoms. The number of rotatable bonds is 6. The van der Waals surface area contributed by atoms with Crippen LogP contribution in [0.1, 0.15) is 33.5 Å². The number of amides is 3. The van der Waals surface area contributed by atoms with Gasteiger partial charge < -0.3 is 19.2 Å². The van der Waals surface area contributed by atoms with Gasteiger partial charge in [0.05, 0.1) is 50.0 Å². The molecule has 2 aromatic rings. The van der Waals surface area contributed by atoms with E-state index in [1.807, 2.05) is 24.3 Å². The molecule has 3 amide bonds. The van der Waals surface area contributed by atoms with Crippen molar-refractivity contribution in [3.63, 3.8) is 0 Å². The first-order valence-corrected chi connectivity index (χ1v) is 12.4. The average Bonchev–Trinajstić information content (AvgIpc) is 3.12. The summed E-state index contributed by atoms with van der Waals surface area (Å²) in [6.07, 6.45) is -0.658. The van der Waals surface area contributed by atoms with Crippen LogP contribution < -0.4 is 4.74 Å². The maximum atomic E-state index is 13.5. The van der Waals surface area contributed by atoms with Crippen LogP contribution in [0.5, 0.6) is 5.75 Å². The maximum Gasteiger partial charge on any atom is 0.253 e. The van der Waals surface area contributed by atoms with Crippen molar-refractivity contribution < 1.29 is 23.9 Å². The molecule has 2 fully saturated rings. The molecule has 12 radical (unpaired) electrons. The smallest absolute Gasteiger partial charge is 0.253 e. The zero-order valence-electron chi connectivity index (χ0n) is 21.3. The van der Waals surface area contributed by atoms with Gasteiger partial charge in [0.2, 0.25) is 19.8 Å². The zero-order chi connectivity index (χ0) is 28.2. The van der Waals surface area contributed by atoms with Crippen LogP contribution in [-0.4, -0.2) is 111 Å². The SMILES string of the molecule is [B]N1C(=O)C([B])([B])C[C@@]([B])(N2C(=O)c3cccc(OCc4ccc(CN5CCOCC5)cc4)c3C2([B])[B])C1=O. The van der Waals surface area contributed by atoms with Gasteiger partial charge in [-0.1, -0.05) is 30.3 Å². The number of hydrogen-bond donors (Lipinski definition) is 0. The number of carbonyl (C=O) groups is 3. The molecule has 0 bridgehead atoms. The van der Waals surface area contributed by atoms with E-state index in [1.54, 1.807) is 12.1 Å². The molecular weight excluding hydrogens is 487 g/mol. The number of hydrogen-bond acceptors (Lipinski definition) is 6. The Hall–Kier alpha value is -2.84. The monoisotopic (exact) mass is 509 g/mol. The van der Waals surface area contributed by atoms with Crippen molar-refractivity contribution in [1.82, 2.24) is 14.6 Å². The Labute approximate surface area is 235 Å². The third-order valence-corrected chi connectivity index (χ3v) is 7.32. The molecule has 39 heavy (non-hydrogen) atoms. The van der Waals surface area contributed by atoms with Crippen LogP contribution in [0.2, 0.25) is 5.21 Å². The van der Waals surface area contributed by atoms with Crippen molar-refractivity contribution in [2.75, 3.05) is 26.3 Å². The summed E-state index contributed by atoms with van der Waals surface area (Å²) in [5.41, 5.74) is -0.0588. The number of piperidine rings is 1. The number of imide groups is 1. The van der Waals surface area contributed by atoms with Crippen molar-refractivity contribution in [3.8, 4) is 5.75 Å².